The highest BCUT2D eigenvalue weighted by Crippen LogP contribution is 2.45. The second-order valence-electron chi connectivity index (χ2n) is 8.80. The van der Waals surface area contributed by atoms with Gasteiger partial charge in [0.05, 0.1) is 5.57 Å². The molecule has 5 rings (SSSR count). The first kappa shape index (κ1) is 24.9. The molecule has 0 saturated carbocycles. The first-order valence-corrected chi connectivity index (χ1v) is 13.2. The minimum atomic E-state index is -0.384. The normalized spacial score (nSPS) is 16.7. The molecule has 0 bridgehead atoms. The van der Waals surface area contributed by atoms with Crippen LogP contribution in [0, 0.1) is 6.92 Å². The molecular weight excluding hydrogens is 504 g/mol. The number of fused-ring (bicyclic) bond motifs is 1. The number of hydrogen-bond donors (Lipinski definition) is 3. The number of thioether (sulfide) groups is 1. The van der Waals surface area contributed by atoms with Gasteiger partial charge in [-0.1, -0.05) is 71.9 Å². The molecule has 0 aliphatic carbocycles. The predicted octanol–water partition coefficient (Wildman–Crippen LogP) is 6.88. The Hall–Kier alpha value is -3.81. The summed E-state index contributed by atoms with van der Waals surface area (Å²) in [4.78, 5) is 31.4. The molecule has 37 heavy (non-hydrogen) atoms. The van der Waals surface area contributed by atoms with Gasteiger partial charge in [0.1, 0.15) is 5.04 Å². The van der Waals surface area contributed by atoms with Crippen molar-refractivity contribution in [1.82, 2.24) is 5.32 Å². The Balaban J connectivity index is 1.51. The Kier molecular flexibility index (Phi) is 7.17. The van der Waals surface area contributed by atoms with E-state index in [1.807, 2.05) is 68.4 Å². The minimum absolute atomic E-state index is 0.246. The summed E-state index contributed by atoms with van der Waals surface area (Å²) in [6.45, 7) is 3.80. The number of benzene rings is 3. The second-order valence-corrected chi connectivity index (χ2v) is 10.2. The average Bonchev–Trinajstić information content (AvgIpc) is 3.28. The summed E-state index contributed by atoms with van der Waals surface area (Å²) in [5, 5.41) is 10.4. The third-order valence-corrected chi connectivity index (χ3v) is 7.55. The number of halogens is 1. The van der Waals surface area contributed by atoms with Gasteiger partial charge in [-0.15, -0.1) is 0 Å². The number of carbonyl (C=O) groups is 2. The number of nitrogens with zero attached hydrogens (tertiary/aromatic N) is 1. The monoisotopic (exact) mass is 528 g/mol. The molecular formula is C29H25ClN4O2S. The van der Waals surface area contributed by atoms with Gasteiger partial charge in [0.25, 0.3) is 5.91 Å². The highest BCUT2D eigenvalue weighted by Gasteiger charge is 2.39. The van der Waals surface area contributed by atoms with Gasteiger partial charge in [-0.05, 0) is 55.3 Å². The highest BCUT2D eigenvalue weighted by molar-refractivity contribution is 8.15. The number of para-hydroxylation sites is 1. The molecule has 2 aliphatic heterocycles. The fourth-order valence-electron chi connectivity index (χ4n) is 4.49. The van der Waals surface area contributed by atoms with Crippen LogP contribution in [0.5, 0.6) is 0 Å². The minimum Gasteiger partial charge on any atom is -0.322 e. The Morgan fingerprint density at radius 3 is 2.32 bits per heavy atom. The lowest BCUT2D eigenvalue weighted by Gasteiger charge is -2.28. The van der Waals surface area contributed by atoms with Crippen molar-refractivity contribution in [3.05, 3.63) is 118 Å². The SMILES string of the molecule is CC1=C(C(=O)Nc2ccc(Cl)cc2)C(c2ccccc2)C2=C(NC(=O)Nc3ccccc3C)CSC2=N1. The molecule has 0 aromatic heterocycles. The van der Waals surface area contributed by atoms with Crippen LogP contribution in [0.15, 0.2) is 106 Å². The Bertz CT molecular complexity index is 1460. The molecule has 3 aromatic carbocycles. The van der Waals surface area contributed by atoms with Gasteiger partial charge in [-0.25, -0.2) is 9.79 Å². The zero-order valence-corrected chi connectivity index (χ0v) is 21.9. The number of aryl methyl sites for hydroxylation is 1. The molecule has 1 unspecified atom stereocenters. The van der Waals surface area contributed by atoms with Crippen LogP contribution >= 0.6 is 23.4 Å². The number of anilines is 2. The number of allylic oxidation sites excluding steroid dienone is 1. The van der Waals surface area contributed by atoms with Gasteiger partial charge in [-0.3, -0.25) is 4.79 Å². The molecule has 2 heterocycles. The van der Waals surface area contributed by atoms with E-state index in [9.17, 15) is 9.59 Å². The van der Waals surface area contributed by atoms with Crippen molar-refractivity contribution in [2.75, 3.05) is 16.4 Å². The highest BCUT2D eigenvalue weighted by atomic mass is 35.5. The lowest BCUT2D eigenvalue weighted by atomic mass is 9.81. The number of hydrogen-bond acceptors (Lipinski definition) is 4. The zero-order valence-electron chi connectivity index (χ0n) is 20.3. The van der Waals surface area contributed by atoms with Gasteiger partial charge in [-0.2, -0.15) is 0 Å². The van der Waals surface area contributed by atoms with E-state index in [2.05, 4.69) is 16.0 Å². The van der Waals surface area contributed by atoms with E-state index in [1.165, 1.54) is 0 Å². The van der Waals surface area contributed by atoms with Crippen LogP contribution < -0.4 is 16.0 Å². The van der Waals surface area contributed by atoms with Gasteiger partial charge < -0.3 is 16.0 Å². The molecule has 0 spiro atoms. The number of urea groups is 1. The molecule has 0 fully saturated rings. The Morgan fingerprint density at radius 2 is 1.59 bits per heavy atom. The molecule has 3 amide bonds. The summed E-state index contributed by atoms with van der Waals surface area (Å²) in [5.41, 5.74) is 6.09. The predicted molar refractivity (Wildman–Crippen MR) is 152 cm³/mol. The van der Waals surface area contributed by atoms with Crippen molar-refractivity contribution >= 4 is 51.7 Å². The maximum Gasteiger partial charge on any atom is 0.323 e. The molecule has 186 valence electrons. The molecule has 3 N–H and O–H groups in total. The van der Waals surface area contributed by atoms with Crippen molar-refractivity contribution in [1.29, 1.82) is 0 Å². The van der Waals surface area contributed by atoms with Crippen molar-refractivity contribution in [2.45, 2.75) is 19.8 Å². The van der Waals surface area contributed by atoms with Crippen molar-refractivity contribution in [3.8, 4) is 0 Å². The quantitative estimate of drug-likeness (QED) is 0.337. The van der Waals surface area contributed by atoms with E-state index in [0.717, 1.165) is 33.1 Å². The van der Waals surface area contributed by atoms with Crippen LogP contribution in [-0.4, -0.2) is 22.7 Å². The number of rotatable bonds is 5. The smallest absolute Gasteiger partial charge is 0.322 e. The maximum atomic E-state index is 13.6. The first-order chi connectivity index (χ1) is 17.9. The van der Waals surface area contributed by atoms with Gasteiger partial charge in [0.2, 0.25) is 0 Å². The maximum absolute atomic E-state index is 13.6. The number of nitrogens with one attached hydrogen (secondary N) is 3. The summed E-state index contributed by atoms with van der Waals surface area (Å²) >= 11 is 7.57. The number of carbonyl (C=O) groups excluding carboxylic acids is 2. The molecule has 1 atom stereocenters. The van der Waals surface area contributed by atoms with Crippen molar-refractivity contribution in [2.24, 2.45) is 4.99 Å². The lowest BCUT2D eigenvalue weighted by molar-refractivity contribution is -0.113. The van der Waals surface area contributed by atoms with Gasteiger partial charge in [0, 0.05) is 45.0 Å². The average molecular weight is 529 g/mol. The van der Waals surface area contributed by atoms with Gasteiger partial charge in [0.15, 0.2) is 0 Å². The standard InChI is InChI=1S/C29H25ClN4O2S/c1-17-8-6-7-11-22(17)33-29(36)34-23-16-37-28-26(23)25(19-9-4-3-5-10-19)24(18(2)31-28)27(35)32-21-14-12-20(30)13-15-21/h3-15,25H,16H2,1-2H3,(H,32,35)(H2,33,34,36). The topological polar surface area (TPSA) is 82.6 Å². The summed E-state index contributed by atoms with van der Waals surface area (Å²) in [6, 6.07) is 24.1. The van der Waals surface area contributed by atoms with E-state index < -0.39 is 0 Å². The first-order valence-electron chi connectivity index (χ1n) is 11.8. The summed E-state index contributed by atoms with van der Waals surface area (Å²) in [7, 11) is 0. The van der Waals surface area contributed by atoms with Gasteiger partial charge >= 0.3 is 6.03 Å². The third-order valence-electron chi connectivity index (χ3n) is 6.28. The van der Waals surface area contributed by atoms with Crippen LogP contribution in [0.4, 0.5) is 16.2 Å². The van der Waals surface area contributed by atoms with Crippen LogP contribution in [0.2, 0.25) is 5.02 Å². The lowest BCUT2D eigenvalue weighted by Crippen LogP contribution is -2.32. The van der Waals surface area contributed by atoms with E-state index >= 15 is 0 Å². The Labute approximate surface area is 224 Å². The molecule has 0 saturated heterocycles. The van der Waals surface area contributed by atoms with E-state index in [0.29, 0.717) is 27.7 Å². The van der Waals surface area contributed by atoms with Crippen LogP contribution in [-0.2, 0) is 4.79 Å². The number of aliphatic imine (C=N–C) groups is 1. The summed E-state index contributed by atoms with van der Waals surface area (Å²) in [6.07, 6.45) is 0. The summed E-state index contributed by atoms with van der Waals surface area (Å²) < 4.78 is 0. The summed E-state index contributed by atoms with van der Waals surface area (Å²) in [5.74, 6) is -0.0766. The molecule has 6 nitrogen and oxygen atoms in total. The van der Waals surface area contributed by atoms with Crippen LogP contribution in [0.3, 0.4) is 0 Å². The van der Waals surface area contributed by atoms with Crippen molar-refractivity contribution < 1.29 is 9.59 Å². The molecule has 8 heteroatoms. The third kappa shape index (κ3) is 5.33. The fraction of sp³-hybridized carbons (Fsp3) is 0.138. The molecule has 0 radical (unpaired) electrons. The Morgan fingerprint density at radius 1 is 0.892 bits per heavy atom. The van der Waals surface area contributed by atoms with Crippen molar-refractivity contribution in [3.63, 3.8) is 0 Å². The van der Waals surface area contributed by atoms with E-state index in [1.54, 1.807) is 36.0 Å². The molecule has 2 aliphatic rings. The molecule has 3 aromatic rings. The van der Waals surface area contributed by atoms with E-state index in [4.69, 9.17) is 16.6 Å². The van der Waals surface area contributed by atoms with E-state index in [-0.39, 0.29) is 17.9 Å². The second kappa shape index (κ2) is 10.7. The number of amides is 3. The zero-order chi connectivity index (χ0) is 25.9. The van der Waals surface area contributed by atoms with Crippen LogP contribution in [0.25, 0.3) is 0 Å². The largest absolute Gasteiger partial charge is 0.323 e. The fourth-order valence-corrected chi connectivity index (χ4v) is 5.73. The van der Waals surface area contributed by atoms with Crippen LogP contribution in [0.1, 0.15) is 24.0 Å².